The van der Waals surface area contributed by atoms with Gasteiger partial charge in [0.15, 0.2) is 5.16 Å². The van der Waals surface area contributed by atoms with E-state index in [1.165, 1.54) is 11.8 Å². The Labute approximate surface area is 105 Å². The van der Waals surface area contributed by atoms with Gasteiger partial charge in [0.05, 0.1) is 12.7 Å². The summed E-state index contributed by atoms with van der Waals surface area (Å²) in [6.45, 7) is 4.41. The lowest BCUT2D eigenvalue weighted by Crippen LogP contribution is -2.20. The molecule has 1 unspecified atom stereocenters. The van der Waals surface area contributed by atoms with Crippen molar-refractivity contribution in [3.05, 3.63) is 6.07 Å². The first kappa shape index (κ1) is 12.4. The first-order valence-electron chi connectivity index (χ1n) is 5.75. The fourth-order valence-electron chi connectivity index (χ4n) is 1.66. The molecule has 0 aromatic carbocycles. The smallest absolute Gasteiger partial charge is 0.221 e. The van der Waals surface area contributed by atoms with Crippen molar-refractivity contribution < 1.29 is 9.47 Å². The molecular formula is C11H17N3O2S. The molecule has 2 heterocycles. The molecule has 0 aliphatic carbocycles. The molecule has 1 fully saturated rings. The number of hydrogen-bond donors (Lipinski definition) is 1. The van der Waals surface area contributed by atoms with Crippen molar-refractivity contribution in [2.24, 2.45) is 0 Å². The zero-order chi connectivity index (χ0) is 12.1. The molecule has 5 nitrogen and oxygen atoms in total. The number of rotatable bonds is 5. The van der Waals surface area contributed by atoms with E-state index < -0.39 is 0 Å². The van der Waals surface area contributed by atoms with Crippen molar-refractivity contribution in [3.8, 4) is 11.8 Å². The van der Waals surface area contributed by atoms with Gasteiger partial charge in [0.1, 0.15) is 6.10 Å². The van der Waals surface area contributed by atoms with E-state index in [1.807, 2.05) is 13.2 Å². The normalized spacial score (nSPS) is 19.3. The van der Waals surface area contributed by atoms with E-state index in [1.54, 1.807) is 6.07 Å². The molecule has 1 aromatic rings. The predicted octanol–water partition coefficient (Wildman–Crippen LogP) is 1.34. The van der Waals surface area contributed by atoms with Crippen LogP contribution in [0.4, 0.5) is 0 Å². The van der Waals surface area contributed by atoms with Gasteiger partial charge in [0.25, 0.3) is 0 Å². The third kappa shape index (κ3) is 3.47. The third-order valence-electron chi connectivity index (χ3n) is 2.44. The average molecular weight is 255 g/mol. The molecule has 17 heavy (non-hydrogen) atoms. The standard InChI is InChI=1S/C11H17N3O2S/c1-3-15-9-6-10(14-11(13-9)17-2)16-8-4-5-12-7-8/h6,8,12H,3-5,7H2,1-2H3. The van der Waals surface area contributed by atoms with Gasteiger partial charge in [-0.1, -0.05) is 11.8 Å². The summed E-state index contributed by atoms with van der Waals surface area (Å²) in [6, 6.07) is 1.75. The molecule has 94 valence electrons. The van der Waals surface area contributed by atoms with Crippen LogP contribution in [0.5, 0.6) is 11.8 Å². The number of ether oxygens (including phenoxy) is 2. The Bertz CT molecular complexity index is 370. The fourth-order valence-corrected chi connectivity index (χ4v) is 2.02. The molecule has 0 bridgehead atoms. The van der Waals surface area contributed by atoms with Crippen LogP contribution in [0.25, 0.3) is 0 Å². The van der Waals surface area contributed by atoms with Crippen LogP contribution in [0.1, 0.15) is 13.3 Å². The van der Waals surface area contributed by atoms with Crippen LogP contribution in [0, 0.1) is 0 Å². The Morgan fingerprint density at radius 2 is 2.29 bits per heavy atom. The molecular weight excluding hydrogens is 238 g/mol. The summed E-state index contributed by atoms with van der Waals surface area (Å²) in [4.78, 5) is 8.57. The molecule has 1 atom stereocenters. The minimum atomic E-state index is 0.203. The van der Waals surface area contributed by atoms with E-state index in [0.717, 1.165) is 19.5 Å². The molecule has 1 saturated heterocycles. The molecule has 0 radical (unpaired) electrons. The number of thioether (sulfide) groups is 1. The second kappa shape index (κ2) is 6.07. The molecule has 1 aromatic heterocycles. The molecule has 0 amide bonds. The number of nitrogens with one attached hydrogen (secondary N) is 1. The zero-order valence-electron chi connectivity index (χ0n) is 10.1. The Morgan fingerprint density at radius 1 is 1.47 bits per heavy atom. The highest BCUT2D eigenvalue weighted by molar-refractivity contribution is 7.98. The summed E-state index contributed by atoms with van der Waals surface area (Å²) in [6.07, 6.45) is 3.16. The van der Waals surface area contributed by atoms with E-state index in [9.17, 15) is 0 Å². The van der Waals surface area contributed by atoms with Gasteiger partial charge in [0.2, 0.25) is 11.8 Å². The lowest BCUT2D eigenvalue weighted by molar-refractivity contribution is 0.209. The summed E-state index contributed by atoms with van der Waals surface area (Å²) in [7, 11) is 0. The molecule has 1 aliphatic heterocycles. The Morgan fingerprint density at radius 3 is 2.94 bits per heavy atom. The van der Waals surface area contributed by atoms with Crippen molar-refractivity contribution in [2.45, 2.75) is 24.6 Å². The summed E-state index contributed by atoms with van der Waals surface area (Å²) in [5, 5.41) is 3.93. The van der Waals surface area contributed by atoms with Crippen molar-refractivity contribution in [2.75, 3.05) is 26.0 Å². The van der Waals surface area contributed by atoms with Crippen LogP contribution < -0.4 is 14.8 Å². The van der Waals surface area contributed by atoms with Crippen LogP contribution in [-0.2, 0) is 0 Å². The van der Waals surface area contributed by atoms with Gasteiger partial charge < -0.3 is 14.8 Å². The maximum Gasteiger partial charge on any atom is 0.221 e. The first-order valence-corrected chi connectivity index (χ1v) is 6.97. The molecule has 1 N–H and O–H groups in total. The SMILES string of the molecule is CCOc1cc(OC2CCNC2)nc(SC)n1. The summed E-state index contributed by atoms with van der Waals surface area (Å²) < 4.78 is 11.2. The van der Waals surface area contributed by atoms with Crippen LogP contribution in [0.15, 0.2) is 11.2 Å². The quantitative estimate of drug-likeness (QED) is 0.633. The topological polar surface area (TPSA) is 56.3 Å². The summed E-state index contributed by atoms with van der Waals surface area (Å²) >= 11 is 1.48. The Hall–Kier alpha value is -1.01. The van der Waals surface area contributed by atoms with Crippen molar-refractivity contribution >= 4 is 11.8 Å². The van der Waals surface area contributed by atoms with E-state index in [0.29, 0.717) is 23.5 Å². The van der Waals surface area contributed by atoms with Gasteiger partial charge in [-0.2, -0.15) is 9.97 Å². The second-order valence-electron chi connectivity index (χ2n) is 3.70. The van der Waals surface area contributed by atoms with E-state index in [-0.39, 0.29) is 6.10 Å². The second-order valence-corrected chi connectivity index (χ2v) is 4.47. The largest absolute Gasteiger partial charge is 0.478 e. The van der Waals surface area contributed by atoms with E-state index in [4.69, 9.17) is 9.47 Å². The number of nitrogens with zero attached hydrogens (tertiary/aromatic N) is 2. The lowest BCUT2D eigenvalue weighted by atomic mass is 10.3. The van der Waals surface area contributed by atoms with Crippen LogP contribution in [-0.4, -0.2) is 42.0 Å². The first-order chi connectivity index (χ1) is 8.31. The number of hydrogen-bond acceptors (Lipinski definition) is 6. The number of aromatic nitrogens is 2. The fraction of sp³-hybridized carbons (Fsp3) is 0.636. The Kier molecular flexibility index (Phi) is 4.44. The highest BCUT2D eigenvalue weighted by atomic mass is 32.2. The van der Waals surface area contributed by atoms with Gasteiger partial charge in [-0.05, 0) is 26.1 Å². The monoisotopic (exact) mass is 255 g/mol. The molecule has 2 rings (SSSR count). The highest BCUT2D eigenvalue weighted by Crippen LogP contribution is 2.22. The highest BCUT2D eigenvalue weighted by Gasteiger charge is 2.17. The predicted molar refractivity (Wildman–Crippen MR) is 66.9 cm³/mol. The van der Waals surface area contributed by atoms with Crippen LogP contribution in [0.2, 0.25) is 0 Å². The molecule has 6 heteroatoms. The van der Waals surface area contributed by atoms with Crippen molar-refractivity contribution in [3.63, 3.8) is 0 Å². The molecule has 1 aliphatic rings. The van der Waals surface area contributed by atoms with Gasteiger partial charge in [-0.3, -0.25) is 0 Å². The summed E-state index contributed by atoms with van der Waals surface area (Å²) in [5.74, 6) is 1.18. The molecule has 0 spiro atoms. The van der Waals surface area contributed by atoms with Gasteiger partial charge in [-0.25, -0.2) is 0 Å². The summed E-state index contributed by atoms with van der Waals surface area (Å²) in [5.41, 5.74) is 0. The van der Waals surface area contributed by atoms with E-state index >= 15 is 0 Å². The maximum absolute atomic E-state index is 5.80. The van der Waals surface area contributed by atoms with Gasteiger partial charge in [-0.15, -0.1) is 0 Å². The zero-order valence-corrected chi connectivity index (χ0v) is 10.9. The van der Waals surface area contributed by atoms with Crippen molar-refractivity contribution in [1.82, 2.24) is 15.3 Å². The molecule has 0 saturated carbocycles. The average Bonchev–Trinajstić information content (AvgIpc) is 2.82. The van der Waals surface area contributed by atoms with Crippen molar-refractivity contribution in [1.29, 1.82) is 0 Å². The van der Waals surface area contributed by atoms with Gasteiger partial charge >= 0.3 is 0 Å². The third-order valence-corrected chi connectivity index (χ3v) is 2.98. The minimum Gasteiger partial charge on any atom is -0.478 e. The van der Waals surface area contributed by atoms with E-state index in [2.05, 4.69) is 15.3 Å². The van der Waals surface area contributed by atoms with Crippen LogP contribution >= 0.6 is 11.8 Å². The van der Waals surface area contributed by atoms with Crippen LogP contribution in [0.3, 0.4) is 0 Å². The minimum absolute atomic E-state index is 0.203. The lowest BCUT2D eigenvalue weighted by Gasteiger charge is -2.12. The Balaban J connectivity index is 2.10. The maximum atomic E-state index is 5.80. The van der Waals surface area contributed by atoms with Gasteiger partial charge in [0, 0.05) is 6.54 Å².